The third kappa shape index (κ3) is 4.53. The lowest BCUT2D eigenvalue weighted by Crippen LogP contribution is -2.34. The zero-order chi connectivity index (χ0) is 22.0. The molecule has 4 aromatic rings. The highest BCUT2D eigenvalue weighted by Crippen LogP contribution is 2.33. The molecule has 0 fully saturated rings. The van der Waals surface area contributed by atoms with Crippen LogP contribution in [-0.2, 0) is 7.05 Å². The van der Waals surface area contributed by atoms with Gasteiger partial charge in [-0.25, -0.2) is 14.4 Å². The van der Waals surface area contributed by atoms with E-state index in [0.29, 0.717) is 24.7 Å². The highest BCUT2D eigenvalue weighted by molar-refractivity contribution is 7.99. The van der Waals surface area contributed by atoms with Crippen LogP contribution in [0.25, 0.3) is 10.9 Å². The van der Waals surface area contributed by atoms with Crippen LogP contribution in [0.3, 0.4) is 0 Å². The molecule has 160 valence electrons. The summed E-state index contributed by atoms with van der Waals surface area (Å²) in [6.07, 6.45) is 4.03. The Balaban J connectivity index is 1.39. The van der Waals surface area contributed by atoms with Gasteiger partial charge in [0.2, 0.25) is 5.95 Å². The predicted octanol–water partition coefficient (Wildman–Crippen LogP) is 3.16. The Bertz CT molecular complexity index is 1220. The average molecular weight is 440 g/mol. The van der Waals surface area contributed by atoms with Gasteiger partial charge in [0.25, 0.3) is 5.91 Å². The van der Waals surface area contributed by atoms with Gasteiger partial charge in [0.15, 0.2) is 5.82 Å². The molecule has 0 aliphatic rings. The van der Waals surface area contributed by atoms with E-state index in [1.807, 2.05) is 36.7 Å². The first kappa shape index (κ1) is 20.9. The van der Waals surface area contributed by atoms with Crippen LogP contribution in [0.1, 0.15) is 16.2 Å². The summed E-state index contributed by atoms with van der Waals surface area (Å²) in [6, 6.07) is 8.01. The van der Waals surface area contributed by atoms with Crippen LogP contribution in [0.2, 0.25) is 0 Å². The molecule has 0 unspecified atom stereocenters. The Morgan fingerprint density at radius 3 is 2.81 bits per heavy atom. The van der Waals surface area contributed by atoms with Gasteiger partial charge < -0.3 is 14.8 Å². The third-order valence-electron chi connectivity index (χ3n) is 5.04. The minimum Gasteiger partial charge on any atom is -0.349 e. The Morgan fingerprint density at radius 2 is 2.03 bits per heavy atom. The lowest BCUT2D eigenvalue weighted by Gasteiger charge is -2.17. The maximum Gasteiger partial charge on any atom is 0.268 e. The largest absolute Gasteiger partial charge is 0.349 e. The van der Waals surface area contributed by atoms with Crippen LogP contribution in [-0.4, -0.2) is 50.8 Å². The first-order valence-electron chi connectivity index (χ1n) is 9.66. The van der Waals surface area contributed by atoms with E-state index in [1.54, 1.807) is 29.9 Å². The highest BCUT2D eigenvalue weighted by Gasteiger charge is 2.16. The number of hydrogen-bond acceptors (Lipinski definition) is 6. The summed E-state index contributed by atoms with van der Waals surface area (Å²) in [7, 11) is 3.67. The number of benzene rings is 1. The second-order valence-corrected chi connectivity index (χ2v) is 8.25. The van der Waals surface area contributed by atoms with E-state index in [1.165, 1.54) is 0 Å². The van der Waals surface area contributed by atoms with E-state index in [2.05, 4.69) is 31.5 Å². The fourth-order valence-electron chi connectivity index (χ4n) is 3.13. The van der Waals surface area contributed by atoms with Crippen molar-refractivity contribution in [2.24, 2.45) is 7.05 Å². The van der Waals surface area contributed by atoms with Crippen LogP contribution in [0.15, 0.2) is 52.6 Å². The lowest BCUT2D eigenvalue weighted by atomic mass is 10.3. The van der Waals surface area contributed by atoms with E-state index >= 15 is 0 Å². The summed E-state index contributed by atoms with van der Waals surface area (Å²) in [6.45, 7) is 2.89. The average Bonchev–Trinajstić information content (AvgIpc) is 3.33. The molecule has 10 heteroatoms. The fourth-order valence-corrected chi connectivity index (χ4v) is 4.17. The van der Waals surface area contributed by atoms with E-state index in [0.717, 1.165) is 38.8 Å². The van der Waals surface area contributed by atoms with Crippen LogP contribution >= 0.6 is 11.8 Å². The van der Waals surface area contributed by atoms with Gasteiger partial charge in [-0.3, -0.25) is 9.89 Å². The molecule has 4 rings (SSSR count). The summed E-state index contributed by atoms with van der Waals surface area (Å²) in [5.74, 6) is -0.238. The SMILES string of the molecule is Cc1c(Sc2ccc3[nH]ncc3c2)cc(C(=O)NCCN(C)c2ncc(F)cn2)n1C. The minimum absolute atomic E-state index is 0.156. The molecule has 8 nitrogen and oxygen atoms in total. The number of rotatable bonds is 7. The van der Waals surface area contributed by atoms with Gasteiger partial charge in [0, 0.05) is 48.1 Å². The predicted molar refractivity (Wildman–Crippen MR) is 118 cm³/mol. The second kappa shape index (κ2) is 8.76. The number of amides is 1. The number of likely N-dealkylation sites (N-methyl/N-ethyl adjacent to an activating group) is 1. The monoisotopic (exact) mass is 439 g/mol. The molecular formula is C21H22FN7OS. The second-order valence-electron chi connectivity index (χ2n) is 7.14. The fraction of sp³-hybridized carbons (Fsp3) is 0.238. The summed E-state index contributed by atoms with van der Waals surface area (Å²) < 4.78 is 14.8. The van der Waals surface area contributed by atoms with Crippen LogP contribution in [0, 0.1) is 12.7 Å². The Morgan fingerprint density at radius 1 is 1.26 bits per heavy atom. The molecule has 1 aromatic carbocycles. The van der Waals surface area contributed by atoms with Crippen molar-refractivity contribution in [3.63, 3.8) is 0 Å². The molecule has 2 N–H and O–H groups in total. The molecule has 0 saturated carbocycles. The maximum atomic E-state index is 13.0. The summed E-state index contributed by atoms with van der Waals surface area (Å²) in [4.78, 5) is 24.5. The molecule has 0 radical (unpaired) electrons. The molecule has 0 aliphatic carbocycles. The normalized spacial score (nSPS) is 11.1. The van der Waals surface area contributed by atoms with Crippen molar-refractivity contribution in [1.82, 2.24) is 30.0 Å². The van der Waals surface area contributed by atoms with Gasteiger partial charge >= 0.3 is 0 Å². The van der Waals surface area contributed by atoms with E-state index in [9.17, 15) is 9.18 Å². The number of carbonyl (C=O) groups excluding carboxylic acids is 1. The highest BCUT2D eigenvalue weighted by atomic mass is 32.2. The van der Waals surface area contributed by atoms with Crippen LogP contribution < -0.4 is 10.2 Å². The molecule has 3 aromatic heterocycles. The standard InChI is InChI=1S/C21H22FN7OS/c1-13-19(31-16-4-5-17-14(8-16)10-26-27-17)9-18(29(13)3)20(30)23-6-7-28(2)21-24-11-15(22)12-25-21/h4-5,8-12H,6-7H2,1-3H3,(H,23,30)(H,26,27). The quantitative estimate of drug-likeness (QED) is 0.460. The van der Waals surface area contributed by atoms with E-state index < -0.39 is 5.82 Å². The van der Waals surface area contributed by atoms with Crippen molar-refractivity contribution in [2.75, 3.05) is 25.0 Å². The summed E-state index contributed by atoms with van der Waals surface area (Å²) >= 11 is 1.61. The van der Waals surface area contributed by atoms with Gasteiger partial charge in [0.1, 0.15) is 5.69 Å². The van der Waals surface area contributed by atoms with Gasteiger partial charge in [0.05, 0.1) is 24.1 Å². The first-order chi connectivity index (χ1) is 14.9. The third-order valence-corrected chi connectivity index (χ3v) is 6.16. The Hall–Kier alpha value is -3.40. The molecular weight excluding hydrogens is 417 g/mol. The molecule has 0 atom stereocenters. The number of halogens is 1. The maximum absolute atomic E-state index is 13.0. The molecule has 0 saturated heterocycles. The minimum atomic E-state index is -0.483. The van der Waals surface area contributed by atoms with Crippen LogP contribution in [0.4, 0.5) is 10.3 Å². The number of aromatic amines is 1. The van der Waals surface area contributed by atoms with Crippen molar-refractivity contribution in [3.8, 4) is 0 Å². The molecule has 0 aliphatic heterocycles. The lowest BCUT2D eigenvalue weighted by molar-refractivity contribution is 0.0946. The molecule has 0 spiro atoms. The van der Waals surface area contributed by atoms with Crippen molar-refractivity contribution >= 4 is 34.5 Å². The number of H-pyrrole nitrogens is 1. The number of aromatic nitrogens is 5. The first-order valence-corrected chi connectivity index (χ1v) is 10.5. The number of carbonyl (C=O) groups is 1. The van der Waals surface area contributed by atoms with Gasteiger partial charge in [-0.2, -0.15) is 5.10 Å². The van der Waals surface area contributed by atoms with E-state index in [4.69, 9.17) is 0 Å². The molecule has 1 amide bonds. The van der Waals surface area contributed by atoms with Gasteiger partial charge in [-0.1, -0.05) is 11.8 Å². The van der Waals surface area contributed by atoms with Crippen LogP contribution in [0.5, 0.6) is 0 Å². The Labute approximate surface area is 182 Å². The number of hydrogen-bond donors (Lipinski definition) is 2. The number of fused-ring (bicyclic) bond motifs is 1. The van der Waals surface area contributed by atoms with Crippen molar-refractivity contribution in [2.45, 2.75) is 16.7 Å². The zero-order valence-corrected chi connectivity index (χ0v) is 18.2. The summed E-state index contributed by atoms with van der Waals surface area (Å²) in [5, 5.41) is 11.0. The Kier molecular flexibility index (Phi) is 5.90. The van der Waals surface area contributed by atoms with E-state index in [-0.39, 0.29) is 5.91 Å². The van der Waals surface area contributed by atoms with Crippen molar-refractivity contribution in [3.05, 3.63) is 60.1 Å². The molecule has 31 heavy (non-hydrogen) atoms. The zero-order valence-electron chi connectivity index (χ0n) is 17.4. The topological polar surface area (TPSA) is 91.7 Å². The number of nitrogens with zero attached hydrogens (tertiary/aromatic N) is 5. The van der Waals surface area contributed by atoms with Crippen molar-refractivity contribution < 1.29 is 9.18 Å². The van der Waals surface area contributed by atoms with Gasteiger partial charge in [-0.05, 0) is 31.2 Å². The van der Waals surface area contributed by atoms with Gasteiger partial charge in [-0.15, -0.1) is 0 Å². The van der Waals surface area contributed by atoms with Crippen molar-refractivity contribution in [1.29, 1.82) is 0 Å². The number of nitrogens with one attached hydrogen (secondary N) is 2. The summed E-state index contributed by atoms with van der Waals surface area (Å²) in [5.41, 5.74) is 2.59. The molecule has 3 heterocycles. The molecule has 0 bridgehead atoms. The number of anilines is 1. The smallest absolute Gasteiger partial charge is 0.268 e.